The molecule has 0 aliphatic heterocycles. The van der Waals surface area contributed by atoms with Gasteiger partial charge in [-0.3, -0.25) is 4.21 Å². The van der Waals surface area contributed by atoms with E-state index in [4.69, 9.17) is 0 Å². The second-order valence-corrected chi connectivity index (χ2v) is 4.94. The minimum Gasteiger partial charge on any atom is -0.755 e. The minimum atomic E-state index is -2.18. The fourth-order valence-corrected chi connectivity index (χ4v) is 2.31. The summed E-state index contributed by atoms with van der Waals surface area (Å²) >= 11 is -2.18. The Bertz CT molecular complexity index is 329. The first-order valence-corrected chi connectivity index (χ1v) is 7.21. The van der Waals surface area contributed by atoms with Crippen molar-refractivity contribution in [2.24, 2.45) is 0 Å². The number of benzene rings is 1. The SMILES string of the molecule is CCCCCCCN(c1ccccc1)S(=O)[O-]. The smallest absolute Gasteiger partial charge is 0.0482 e. The van der Waals surface area contributed by atoms with Crippen LogP contribution in [0.25, 0.3) is 0 Å². The highest BCUT2D eigenvalue weighted by Gasteiger charge is 2.05. The first-order valence-electron chi connectivity index (χ1n) is 6.17. The molecular formula is C13H20NO2S-. The van der Waals surface area contributed by atoms with Crippen LogP contribution >= 0.6 is 0 Å². The van der Waals surface area contributed by atoms with Crippen LogP contribution in [0.4, 0.5) is 5.69 Å². The van der Waals surface area contributed by atoms with Gasteiger partial charge < -0.3 is 8.86 Å². The van der Waals surface area contributed by atoms with E-state index in [-0.39, 0.29) is 0 Å². The molecule has 1 aromatic carbocycles. The van der Waals surface area contributed by atoms with E-state index in [1.54, 1.807) is 0 Å². The third-order valence-electron chi connectivity index (χ3n) is 2.69. The standard InChI is InChI=1S/C13H21NO2S/c1-2-3-4-5-9-12-14(17(15)16)13-10-7-6-8-11-13/h6-8,10-11H,2-5,9,12H2,1H3,(H,15,16)/p-1. The van der Waals surface area contributed by atoms with Gasteiger partial charge >= 0.3 is 0 Å². The van der Waals surface area contributed by atoms with Crippen LogP contribution in [-0.2, 0) is 11.3 Å². The van der Waals surface area contributed by atoms with E-state index in [1.165, 1.54) is 23.6 Å². The summed E-state index contributed by atoms with van der Waals surface area (Å²) < 4.78 is 23.7. The lowest BCUT2D eigenvalue weighted by molar-refractivity contribution is 0.529. The Kier molecular flexibility index (Phi) is 6.89. The molecule has 0 radical (unpaired) electrons. The molecule has 0 fully saturated rings. The molecule has 1 rings (SSSR count). The first-order chi connectivity index (χ1) is 8.25. The second kappa shape index (κ2) is 8.25. The van der Waals surface area contributed by atoms with Gasteiger partial charge in [0.2, 0.25) is 0 Å². The van der Waals surface area contributed by atoms with Crippen molar-refractivity contribution in [1.29, 1.82) is 0 Å². The fourth-order valence-electron chi connectivity index (χ4n) is 1.74. The number of anilines is 1. The molecule has 0 aliphatic rings. The van der Waals surface area contributed by atoms with Crippen LogP contribution in [0.3, 0.4) is 0 Å². The Balaban J connectivity index is 2.42. The van der Waals surface area contributed by atoms with Crippen molar-refractivity contribution >= 4 is 17.0 Å². The van der Waals surface area contributed by atoms with Crippen molar-refractivity contribution in [3.05, 3.63) is 30.3 Å². The lowest BCUT2D eigenvalue weighted by Crippen LogP contribution is -2.26. The van der Waals surface area contributed by atoms with Crippen LogP contribution in [0.2, 0.25) is 0 Å². The van der Waals surface area contributed by atoms with Gasteiger partial charge in [-0.2, -0.15) is 0 Å². The van der Waals surface area contributed by atoms with E-state index in [0.717, 1.165) is 18.5 Å². The Morgan fingerprint density at radius 3 is 2.35 bits per heavy atom. The molecule has 0 saturated heterocycles. The van der Waals surface area contributed by atoms with E-state index in [2.05, 4.69) is 6.92 Å². The summed E-state index contributed by atoms with van der Waals surface area (Å²) in [4.78, 5) is 0. The third-order valence-corrected chi connectivity index (χ3v) is 3.44. The Morgan fingerprint density at radius 1 is 1.12 bits per heavy atom. The molecule has 0 spiro atoms. The summed E-state index contributed by atoms with van der Waals surface area (Å²) in [5, 5.41) is 0. The molecule has 96 valence electrons. The largest absolute Gasteiger partial charge is 0.755 e. The molecule has 3 nitrogen and oxygen atoms in total. The summed E-state index contributed by atoms with van der Waals surface area (Å²) in [5.41, 5.74) is 0.747. The van der Waals surface area contributed by atoms with Crippen molar-refractivity contribution in [2.75, 3.05) is 10.8 Å². The highest BCUT2D eigenvalue weighted by molar-refractivity contribution is 7.80. The number of hydrogen-bond acceptors (Lipinski definition) is 2. The van der Waals surface area contributed by atoms with Crippen LogP contribution in [0.1, 0.15) is 39.0 Å². The topological polar surface area (TPSA) is 43.4 Å². The maximum atomic E-state index is 11.1. The van der Waals surface area contributed by atoms with Gasteiger partial charge in [-0.05, 0) is 18.6 Å². The number of rotatable bonds is 8. The molecule has 1 atom stereocenters. The van der Waals surface area contributed by atoms with Gasteiger partial charge in [0.1, 0.15) is 0 Å². The average Bonchev–Trinajstić information content (AvgIpc) is 2.34. The van der Waals surface area contributed by atoms with E-state index >= 15 is 0 Å². The normalized spacial score (nSPS) is 12.4. The highest BCUT2D eigenvalue weighted by Crippen LogP contribution is 2.16. The third kappa shape index (κ3) is 5.33. The summed E-state index contributed by atoms with van der Waals surface area (Å²) in [6.45, 7) is 2.74. The quantitative estimate of drug-likeness (QED) is 0.528. The van der Waals surface area contributed by atoms with Crippen LogP contribution in [0.5, 0.6) is 0 Å². The summed E-state index contributed by atoms with van der Waals surface area (Å²) in [6, 6.07) is 9.24. The van der Waals surface area contributed by atoms with Gasteiger partial charge in [0.25, 0.3) is 0 Å². The molecule has 0 aliphatic carbocycles. The zero-order valence-corrected chi connectivity index (χ0v) is 11.1. The predicted molar refractivity (Wildman–Crippen MR) is 71.5 cm³/mol. The van der Waals surface area contributed by atoms with E-state index in [9.17, 15) is 8.76 Å². The maximum absolute atomic E-state index is 11.1. The van der Waals surface area contributed by atoms with Crippen molar-refractivity contribution in [1.82, 2.24) is 0 Å². The van der Waals surface area contributed by atoms with Gasteiger partial charge in [0, 0.05) is 23.5 Å². The Morgan fingerprint density at radius 2 is 1.76 bits per heavy atom. The molecule has 0 heterocycles. The molecule has 1 unspecified atom stereocenters. The number of hydrogen-bond donors (Lipinski definition) is 0. The van der Waals surface area contributed by atoms with E-state index < -0.39 is 11.3 Å². The summed E-state index contributed by atoms with van der Waals surface area (Å²) in [5.74, 6) is 0. The Hall–Kier alpha value is -0.870. The number of para-hydroxylation sites is 1. The van der Waals surface area contributed by atoms with Gasteiger partial charge in [-0.25, -0.2) is 0 Å². The Labute approximate surface area is 106 Å². The molecule has 0 saturated carbocycles. The molecule has 0 N–H and O–H groups in total. The molecular weight excluding hydrogens is 234 g/mol. The second-order valence-electron chi connectivity index (χ2n) is 4.07. The van der Waals surface area contributed by atoms with E-state index in [1.807, 2.05) is 30.3 Å². The fraction of sp³-hybridized carbons (Fsp3) is 0.538. The highest BCUT2D eigenvalue weighted by atomic mass is 32.2. The zero-order chi connectivity index (χ0) is 12.5. The lowest BCUT2D eigenvalue weighted by Gasteiger charge is -2.26. The molecule has 0 bridgehead atoms. The van der Waals surface area contributed by atoms with Crippen molar-refractivity contribution in [2.45, 2.75) is 39.0 Å². The van der Waals surface area contributed by atoms with Crippen molar-refractivity contribution < 1.29 is 8.76 Å². The van der Waals surface area contributed by atoms with Gasteiger partial charge in [-0.15, -0.1) is 0 Å². The minimum absolute atomic E-state index is 0.573. The molecule has 17 heavy (non-hydrogen) atoms. The summed E-state index contributed by atoms with van der Waals surface area (Å²) in [7, 11) is 0. The zero-order valence-electron chi connectivity index (χ0n) is 10.3. The van der Waals surface area contributed by atoms with E-state index in [0.29, 0.717) is 6.54 Å². The van der Waals surface area contributed by atoms with Gasteiger partial charge in [0.05, 0.1) is 0 Å². The van der Waals surface area contributed by atoms with Crippen molar-refractivity contribution in [3.8, 4) is 0 Å². The van der Waals surface area contributed by atoms with Gasteiger partial charge in [-0.1, -0.05) is 50.8 Å². The van der Waals surface area contributed by atoms with Crippen LogP contribution in [0.15, 0.2) is 30.3 Å². The van der Waals surface area contributed by atoms with Crippen LogP contribution < -0.4 is 4.31 Å². The molecule has 0 amide bonds. The number of nitrogens with zero attached hydrogens (tertiary/aromatic N) is 1. The maximum Gasteiger partial charge on any atom is 0.0482 e. The molecule has 0 aromatic heterocycles. The molecule has 1 aromatic rings. The van der Waals surface area contributed by atoms with Crippen LogP contribution in [0, 0.1) is 0 Å². The lowest BCUT2D eigenvalue weighted by atomic mass is 10.1. The summed E-state index contributed by atoms with van der Waals surface area (Å²) in [6.07, 6.45) is 5.63. The molecule has 4 heteroatoms. The van der Waals surface area contributed by atoms with Crippen molar-refractivity contribution in [3.63, 3.8) is 0 Å². The predicted octanol–water partition coefficient (Wildman–Crippen LogP) is 3.26. The monoisotopic (exact) mass is 254 g/mol. The average molecular weight is 254 g/mol. The number of unbranched alkanes of at least 4 members (excludes halogenated alkanes) is 4. The van der Waals surface area contributed by atoms with Gasteiger partial charge in [0.15, 0.2) is 0 Å². The first kappa shape index (κ1) is 14.2. The van der Waals surface area contributed by atoms with Crippen LogP contribution in [-0.4, -0.2) is 15.3 Å².